The maximum absolute atomic E-state index is 11.4. The SMILES string of the molecule is C=C(C[C@@H](C)CCCO[Si](c1ccccc1)(c1ccccc1)C(C)(C)C)C(C)=O.C=C(C[C@@H](O)CCCO[Si](c1ccccc1)(c1ccccc1)C(C)(C)C)C(C)=O. The minimum absolute atomic E-state index is 0.00420. The number of carbonyl (C=O) groups is 2. The van der Waals surface area contributed by atoms with Gasteiger partial charge in [-0.2, -0.15) is 0 Å². The number of benzene rings is 4. The number of allylic oxidation sites excluding steroid dienone is 1. The van der Waals surface area contributed by atoms with Gasteiger partial charge in [-0.25, -0.2) is 0 Å². The Morgan fingerprint density at radius 1 is 0.552 bits per heavy atom. The number of hydrogen-bond acceptors (Lipinski definition) is 5. The van der Waals surface area contributed by atoms with Gasteiger partial charge in [0.05, 0.1) is 6.10 Å². The molecule has 0 unspecified atom stereocenters. The largest absolute Gasteiger partial charge is 0.407 e. The van der Waals surface area contributed by atoms with Gasteiger partial charge in [-0.15, -0.1) is 0 Å². The Hall–Kier alpha value is -3.99. The fraction of sp³-hybridized carbons (Fsp3) is 0.412. The predicted molar refractivity (Wildman–Crippen MR) is 250 cm³/mol. The first kappa shape index (κ1) is 48.4. The number of carbonyl (C=O) groups excluding carboxylic acids is 2. The second-order valence-electron chi connectivity index (χ2n) is 17.8. The number of aliphatic hydroxyl groups excluding tert-OH is 1. The molecule has 7 heteroatoms. The van der Waals surface area contributed by atoms with Crippen LogP contribution in [0.3, 0.4) is 0 Å². The summed E-state index contributed by atoms with van der Waals surface area (Å²) in [4.78, 5) is 22.8. The molecule has 0 fully saturated rings. The van der Waals surface area contributed by atoms with Gasteiger partial charge in [0, 0.05) is 19.6 Å². The van der Waals surface area contributed by atoms with Crippen LogP contribution in [0.5, 0.6) is 0 Å². The minimum atomic E-state index is -2.52. The van der Waals surface area contributed by atoms with Crippen LogP contribution in [-0.4, -0.2) is 52.6 Å². The molecule has 1 N–H and O–H groups in total. The highest BCUT2D eigenvalue weighted by Crippen LogP contribution is 2.38. The summed E-state index contributed by atoms with van der Waals surface area (Å²) in [6, 6.07) is 42.6. The summed E-state index contributed by atoms with van der Waals surface area (Å²) < 4.78 is 13.7. The van der Waals surface area contributed by atoms with E-state index in [1.807, 2.05) is 12.1 Å². The van der Waals surface area contributed by atoms with E-state index in [2.05, 4.69) is 171 Å². The third-order valence-electron chi connectivity index (χ3n) is 11.1. The standard InChI is InChI=1S/C26H36O2Si.C25H34O3Si/c1-21(20-22(2)23(3)27)14-13-19-28-29(26(4,5)6,24-15-9-7-10-16-24)25-17-11-8-12-18-25;1-20(21(2)26)19-22(27)13-12-18-28-29(25(3,4)5,23-14-8-6-9-15-23)24-16-10-7-11-17-24/h7-12,15-18,21H,2,13-14,19-20H2,1,3-6H3;6-11,14-17,22,27H,1,12-13,18-19H2,2-5H3/t21-;22-/m00/s1. The number of Topliss-reactive ketones (excluding diaryl/α,β-unsaturated/α-hetero) is 2. The molecular weight excluding hydrogens is 749 g/mol. The molecule has 0 spiro atoms. The van der Waals surface area contributed by atoms with Gasteiger partial charge in [-0.05, 0) is 93.8 Å². The second-order valence-corrected chi connectivity index (χ2v) is 26.4. The first-order valence-electron chi connectivity index (χ1n) is 20.9. The van der Waals surface area contributed by atoms with Gasteiger partial charge < -0.3 is 14.0 Å². The zero-order valence-corrected chi connectivity index (χ0v) is 38.9. The quantitative estimate of drug-likeness (QED) is 0.0547. The van der Waals surface area contributed by atoms with Crippen molar-refractivity contribution in [3.63, 3.8) is 0 Å². The molecule has 0 aliphatic heterocycles. The summed E-state index contributed by atoms with van der Waals surface area (Å²) in [7, 11) is -4.97. The smallest absolute Gasteiger partial charge is 0.261 e. The summed E-state index contributed by atoms with van der Waals surface area (Å²) >= 11 is 0. The van der Waals surface area contributed by atoms with Crippen molar-refractivity contribution in [3.8, 4) is 0 Å². The van der Waals surface area contributed by atoms with Crippen LogP contribution in [-0.2, 0) is 18.4 Å². The Labute approximate surface area is 352 Å². The Morgan fingerprint density at radius 2 is 0.845 bits per heavy atom. The van der Waals surface area contributed by atoms with Crippen molar-refractivity contribution < 1.29 is 23.5 Å². The summed E-state index contributed by atoms with van der Waals surface area (Å²) in [6.07, 6.45) is 3.88. The van der Waals surface area contributed by atoms with Crippen LogP contribution in [0.2, 0.25) is 10.1 Å². The summed E-state index contributed by atoms with van der Waals surface area (Å²) in [5.41, 5.74) is 1.20. The van der Waals surface area contributed by atoms with Gasteiger partial charge in [-0.3, -0.25) is 9.59 Å². The van der Waals surface area contributed by atoms with Gasteiger partial charge >= 0.3 is 0 Å². The van der Waals surface area contributed by atoms with E-state index in [1.165, 1.54) is 27.7 Å². The van der Waals surface area contributed by atoms with Crippen LogP contribution in [0, 0.1) is 5.92 Å². The number of aliphatic hydroxyl groups is 1. The van der Waals surface area contributed by atoms with Gasteiger partial charge in [0.25, 0.3) is 16.6 Å². The molecule has 4 aromatic carbocycles. The molecule has 0 aliphatic rings. The lowest BCUT2D eigenvalue weighted by atomic mass is 9.96. The molecule has 58 heavy (non-hydrogen) atoms. The van der Waals surface area contributed by atoms with Gasteiger partial charge in [0.1, 0.15) is 0 Å². The fourth-order valence-electron chi connectivity index (χ4n) is 7.92. The van der Waals surface area contributed by atoms with E-state index < -0.39 is 22.7 Å². The van der Waals surface area contributed by atoms with Crippen molar-refractivity contribution in [1.29, 1.82) is 0 Å². The molecule has 4 rings (SSSR count). The Morgan fingerprint density at radius 3 is 1.14 bits per heavy atom. The van der Waals surface area contributed by atoms with Crippen molar-refractivity contribution in [2.45, 2.75) is 117 Å². The first-order valence-corrected chi connectivity index (χ1v) is 24.7. The minimum Gasteiger partial charge on any atom is -0.407 e. The van der Waals surface area contributed by atoms with Crippen LogP contribution in [0.15, 0.2) is 146 Å². The maximum Gasteiger partial charge on any atom is 0.261 e. The second kappa shape index (κ2) is 22.4. The summed E-state index contributed by atoms with van der Waals surface area (Å²) in [6.45, 7) is 27.9. The average Bonchev–Trinajstić information content (AvgIpc) is 3.18. The molecule has 0 aromatic heterocycles. The molecule has 0 amide bonds. The monoisotopic (exact) mass is 818 g/mol. The predicted octanol–water partition coefficient (Wildman–Crippen LogP) is 9.75. The fourth-order valence-corrected chi connectivity index (χ4v) is 17.1. The molecule has 4 aromatic rings. The molecule has 0 saturated heterocycles. The zero-order valence-electron chi connectivity index (χ0n) is 36.9. The van der Waals surface area contributed by atoms with Crippen molar-refractivity contribution >= 4 is 48.9 Å². The van der Waals surface area contributed by atoms with E-state index in [0.29, 0.717) is 30.9 Å². The normalized spacial score (nSPS) is 13.1. The van der Waals surface area contributed by atoms with Crippen LogP contribution in [0.25, 0.3) is 0 Å². The lowest BCUT2D eigenvalue weighted by Gasteiger charge is -2.43. The number of hydrogen-bond donors (Lipinski definition) is 1. The molecule has 0 radical (unpaired) electrons. The molecule has 5 nitrogen and oxygen atoms in total. The summed E-state index contributed by atoms with van der Waals surface area (Å²) in [5.74, 6) is 0.474. The van der Waals surface area contributed by atoms with E-state index in [4.69, 9.17) is 8.85 Å². The van der Waals surface area contributed by atoms with Crippen LogP contribution >= 0.6 is 0 Å². The molecule has 0 saturated carbocycles. The van der Waals surface area contributed by atoms with Crippen LogP contribution < -0.4 is 20.7 Å². The van der Waals surface area contributed by atoms with Gasteiger partial charge in [0.15, 0.2) is 11.6 Å². The third-order valence-corrected chi connectivity index (χ3v) is 21.2. The maximum atomic E-state index is 11.4. The average molecular weight is 819 g/mol. The van der Waals surface area contributed by atoms with Crippen molar-refractivity contribution in [2.24, 2.45) is 5.92 Å². The van der Waals surface area contributed by atoms with E-state index in [1.54, 1.807) is 6.92 Å². The van der Waals surface area contributed by atoms with Gasteiger partial charge in [-0.1, -0.05) is 183 Å². The molecular formula is C51H70O5Si2. The molecule has 0 bridgehead atoms. The highest BCUT2D eigenvalue weighted by Gasteiger charge is 2.51. The van der Waals surface area contributed by atoms with E-state index in [-0.39, 0.29) is 21.6 Å². The van der Waals surface area contributed by atoms with Crippen LogP contribution in [0.4, 0.5) is 0 Å². The lowest BCUT2D eigenvalue weighted by molar-refractivity contribution is -0.114. The van der Waals surface area contributed by atoms with Gasteiger partial charge in [0.2, 0.25) is 0 Å². The van der Waals surface area contributed by atoms with E-state index >= 15 is 0 Å². The van der Waals surface area contributed by atoms with E-state index in [9.17, 15) is 14.7 Å². The highest BCUT2D eigenvalue weighted by molar-refractivity contribution is 7.00. The highest BCUT2D eigenvalue weighted by atomic mass is 28.4. The lowest BCUT2D eigenvalue weighted by Crippen LogP contribution is -2.66. The third kappa shape index (κ3) is 13.0. The first-order chi connectivity index (χ1) is 27.4. The molecule has 0 aliphatic carbocycles. The Kier molecular flexibility index (Phi) is 18.7. The van der Waals surface area contributed by atoms with Crippen molar-refractivity contribution in [3.05, 3.63) is 146 Å². The molecule has 312 valence electrons. The van der Waals surface area contributed by atoms with E-state index in [0.717, 1.165) is 37.9 Å². The van der Waals surface area contributed by atoms with Crippen molar-refractivity contribution in [1.82, 2.24) is 0 Å². The van der Waals surface area contributed by atoms with Crippen LogP contribution in [0.1, 0.15) is 101 Å². The molecule has 2 atom stereocenters. The number of ketones is 2. The van der Waals surface area contributed by atoms with Crippen molar-refractivity contribution in [2.75, 3.05) is 13.2 Å². The molecule has 0 heterocycles. The Bertz CT molecular complexity index is 1640. The topological polar surface area (TPSA) is 72.8 Å². The number of rotatable bonds is 20. The Balaban J connectivity index is 0.000000310. The summed E-state index contributed by atoms with van der Waals surface area (Å²) in [5, 5.41) is 15.3. The zero-order chi connectivity index (χ0) is 43.0.